The molecule has 4 aromatic rings. The number of rotatable bonds is 4. The van der Waals surface area contributed by atoms with Gasteiger partial charge in [-0.15, -0.1) is 5.10 Å². The van der Waals surface area contributed by atoms with Gasteiger partial charge in [-0.3, -0.25) is 0 Å². The molecular formula is C15H13N7O. The van der Waals surface area contributed by atoms with Gasteiger partial charge in [0.1, 0.15) is 23.3 Å². The van der Waals surface area contributed by atoms with Crippen LogP contribution in [-0.4, -0.2) is 42.0 Å². The highest BCUT2D eigenvalue weighted by Gasteiger charge is 2.10. The summed E-state index contributed by atoms with van der Waals surface area (Å²) in [6, 6.07) is 7.84. The molecule has 0 radical (unpaired) electrons. The van der Waals surface area contributed by atoms with Crippen molar-refractivity contribution in [2.24, 2.45) is 0 Å². The van der Waals surface area contributed by atoms with E-state index < -0.39 is 0 Å². The van der Waals surface area contributed by atoms with E-state index in [-0.39, 0.29) is 0 Å². The smallest absolute Gasteiger partial charge is 0.181 e. The molecule has 0 bridgehead atoms. The number of aromatic nitrogens is 7. The standard InChI is InChI=1S/C15H13N7O/c1-23-11-4-2-10(3-5-11)7-22-8-13(20-21-22)15-18-12-6-16-9-17-14(12)19-15/h2-6,8-9H,7H2,1H3,(H,16,17,18,19). The quantitative estimate of drug-likeness (QED) is 0.616. The molecule has 0 aliphatic carbocycles. The molecule has 0 unspecified atom stereocenters. The van der Waals surface area contributed by atoms with Crippen molar-refractivity contribution in [1.29, 1.82) is 0 Å². The van der Waals surface area contributed by atoms with Gasteiger partial charge in [0.25, 0.3) is 0 Å². The lowest BCUT2D eigenvalue weighted by molar-refractivity contribution is 0.414. The minimum Gasteiger partial charge on any atom is -0.497 e. The lowest BCUT2D eigenvalue weighted by atomic mass is 10.2. The first-order chi connectivity index (χ1) is 11.3. The maximum absolute atomic E-state index is 5.15. The third kappa shape index (κ3) is 2.61. The number of H-pyrrole nitrogens is 1. The van der Waals surface area contributed by atoms with Crippen LogP contribution in [-0.2, 0) is 6.54 Å². The van der Waals surface area contributed by atoms with Crippen molar-refractivity contribution >= 4 is 11.2 Å². The van der Waals surface area contributed by atoms with E-state index in [0.717, 1.165) is 16.8 Å². The summed E-state index contributed by atoms with van der Waals surface area (Å²) in [6.45, 7) is 0.622. The molecular weight excluding hydrogens is 294 g/mol. The number of hydrogen-bond acceptors (Lipinski definition) is 6. The number of hydrogen-bond donors (Lipinski definition) is 1. The van der Waals surface area contributed by atoms with Gasteiger partial charge in [0.2, 0.25) is 0 Å². The first-order valence-corrected chi connectivity index (χ1v) is 7.01. The fraction of sp³-hybridized carbons (Fsp3) is 0.133. The van der Waals surface area contributed by atoms with E-state index in [1.165, 1.54) is 6.33 Å². The third-order valence-corrected chi connectivity index (χ3v) is 3.45. The molecule has 114 valence electrons. The van der Waals surface area contributed by atoms with E-state index >= 15 is 0 Å². The van der Waals surface area contributed by atoms with E-state index in [2.05, 4.69) is 30.2 Å². The van der Waals surface area contributed by atoms with Crippen LogP contribution in [0.15, 0.2) is 43.0 Å². The van der Waals surface area contributed by atoms with E-state index in [1.54, 1.807) is 18.0 Å². The molecule has 8 heteroatoms. The summed E-state index contributed by atoms with van der Waals surface area (Å²) in [5.41, 5.74) is 3.15. The Morgan fingerprint density at radius 1 is 1.22 bits per heavy atom. The molecule has 0 saturated heterocycles. The van der Waals surface area contributed by atoms with Gasteiger partial charge in [-0.2, -0.15) is 0 Å². The Morgan fingerprint density at radius 3 is 2.87 bits per heavy atom. The molecule has 1 N–H and O–H groups in total. The molecule has 0 atom stereocenters. The van der Waals surface area contributed by atoms with Crippen LogP contribution in [0.5, 0.6) is 5.75 Å². The summed E-state index contributed by atoms with van der Waals surface area (Å²) in [5.74, 6) is 1.46. The normalized spacial score (nSPS) is 11.0. The molecule has 4 rings (SSSR count). The second-order valence-corrected chi connectivity index (χ2v) is 4.99. The zero-order chi connectivity index (χ0) is 15.6. The van der Waals surface area contributed by atoms with E-state index in [1.807, 2.05) is 30.5 Å². The van der Waals surface area contributed by atoms with Crippen molar-refractivity contribution in [2.45, 2.75) is 6.54 Å². The molecule has 0 aliphatic heterocycles. The number of benzene rings is 1. The Bertz CT molecular complexity index is 909. The first kappa shape index (κ1) is 13.4. The van der Waals surface area contributed by atoms with Crippen LogP contribution >= 0.6 is 0 Å². The van der Waals surface area contributed by atoms with Crippen molar-refractivity contribution in [3.63, 3.8) is 0 Å². The summed E-state index contributed by atoms with van der Waals surface area (Å²) in [5, 5.41) is 8.30. The van der Waals surface area contributed by atoms with Crippen molar-refractivity contribution in [2.75, 3.05) is 7.11 Å². The van der Waals surface area contributed by atoms with Gasteiger partial charge in [0, 0.05) is 0 Å². The fourth-order valence-corrected chi connectivity index (χ4v) is 2.29. The van der Waals surface area contributed by atoms with Crippen LogP contribution in [0, 0.1) is 0 Å². The number of methoxy groups -OCH3 is 1. The second-order valence-electron chi connectivity index (χ2n) is 4.99. The first-order valence-electron chi connectivity index (χ1n) is 7.01. The van der Waals surface area contributed by atoms with Crippen molar-refractivity contribution in [3.05, 3.63) is 48.5 Å². The van der Waals surface area contributed by atoms with Gasteiger partial charge >= 0.3 is 0 Å². The van der Waals surface area contributed by atoms with Crippen LogP contribution in [0.4, 0.5) is 0 Å². The maximum atomic E-state index is 5.15. The Balaban J connectivity index is 1.58. The fourth-order valence-electron chi connectivity index (χ4n) is 2.29. The molecule has 0 amide bonds. The van der Waals surface area contributed by atoms with Crippen LogP contribution in [0.25, 0.3) is 22.7 Å². The molecule has 8 nitrogen and oxygen atoms in total. The van der Waals surface area contributed by atoms with E-state index in [4.69, 9.17) is 4.74 Å². The Morgan fingerprint density at radius 2 is 2.09 bits per heavy atom. The molecule has 0 aliphatic rings. The molecule has 3 heterocycles. The minimum absolute atomic E-state index is 0.611. The van der Waals surface area contributed by atoms with Gasteiger partial charge in [-0.25, -0.2) is 19.6 Å². The summed E-state index contributed by atoms with van der Waals surface area (Å²) in [6.07, 6.45) is 4.99. The highest BCUT2D eigenvalue weighted by Crippen LogP contribution is 2.17. The van der Waals surface area contributed by atoms with Crippen molar-refractivity contribution in [3.8, 4) is 17.3 Å². The molecule has 23 heavy (non-hydrogen) atoms. The Hall–Kier alpha value is -3.29. The zero-order valence-electron chi connectivity index (χ0n) is 12.3. The predicted molar refractivity (Wildman–Crippen MR) is 82.8 cm³/mol. The van der Waals surface area contributed by atoms with Gasteiger partial charge in [0.05, 0.1) is 26.0 Å². The van der Waals surface area contributed by atoms with Crippen LogP contribution in [0.3, 0.4) is 0 Å². The summed E-state index contributed by atoms with van der Waals surface area (Å²) >= 11 is 0. The molecule has 0 fully saturated rings. The molecule has 3 aromatic heterocycles. The summed E-state index contributed by atoms with van der Waals surface area (Å²) < 4.78 is 6.91. The number of aromatic amines is 1. The number of nitrogens with one attached hydrogen (secondary N) is 1. The molecule has 0 spiro atoms. The van der Waals surface area contributed by atoms with Gasteiger partial charge in [-0.1, -0.05) is 17.3 Å². The van der Waals surface area contributed by atoms with Crippen molar-refractivity contribution in [1.82, 2.24) is 34.9 Å². The topological polar surface area (TPSA) is 94.4 Å². The number of imidazole rings is 1. The summed E-state index contributed by atoms with van der Waals surface area (Å²) in [4.78, 5) is 15.6. The predicted octanol–water partition coefficient (Wildman–Crippen LogP) is 1.67. The monoisotopic (exact) mass is 307 g/mol. The highest BCUT2D eigenvalue weighted by atomic mass is 16.5. The average molecular weight is 307 g/mol. The van der Waals surface area contributed by atoms with Crippen LogP contribution < -0.4 is 4.74 Å². The highest BCUT2D eigenvalue weighted by molar-refractivity contribution is 5.73. The minimum atomic E-state index is 0.611. The Kier molecular flexibility index (Phi) is 3.19. The van der Waals surface area contributed by atoms with Crippen LogP contribution in [0.2, 0.25) is 0 Å². The lowest BCUT2D eigenvalue weighted by Crippen LogP contribution is -2.00. The number of fused-ring (bicyclic) bond motifs is 1. The van der Waals surface area contributed by atoms with E-state index in [9.17, 15) is 0 Å². The molecule has 0 saturated carbocycles. The largest absolute Gasteiger partial charge is 0.497 e. The second kappa shape index (κ2) is 5.48. The van der Waals surface area contributed by atoms with Gasteiger partial charge in [0.15, 0.2) is 11.5 Å². The number of nitrogens with zero attached hydrogens (tertiary/aromatic N) is 6. The van der Waals surface area contributed by atoms with Gasteiger partial charge < -0.3 is 9.72 Å². The lowest BCUT2D eigenvalue weighted by Gasteiger charge is -2.02. The van der Waals surface area contributed by atoms with E-state index in [0.29, 0.717) is 23.7 Å². The number of ether oxygens (including phenoxy) is 1. The summed E-state index contributed by atoms with van der Waals surface area (Å²) in [7, 11) is 1.65. The maximum Gasteiger partial charge on any atom is 0.181 e. The van der Waals surface area contributed by atoms with Crippen LogP contribution in [0.1, 0.15) is 5.56 Å². The van der Waals surface area contributed by atoms with Crippen molar-refractivity contribution < 1.29 is 4.74 Å². The Labute approximate surface area is 131 Å². The zero-order valence-corrected chi connectivity index (χ0v) is 12.3. The average Bonchev–Trinajstić information content (AvgIpc) is 3.21. The SMILES string of the molecule is COc1ccc(Cn2cc(-c3nc4ncncc4[nH]3)nn2)cc1. The van der Waals surface area contributed by atoms with Gasteiger partial charge in [-0.05, 0) is 17.7 Å². The molecule has 1 aromatic carbocycles. The third-order valence-electron chi connectivity index (χ3n) is 3.45.